The fourth-order valence-corrected chi connectivity index (χ4v) is 4.17. The summed E-state index contributed by atoms with van der Waals surface area (Å²) in [6, 6.07) is 6.47. The molecule has 1 aromatic carbocycles. The van der Waals surface area contributed by atoms with Crippen LogP contribution in [0.4, 0.5) is 0 Å². The number of hydrogen-bond acceptors (Lipinski definition) is 4. The molecule has 0 atom stereocenters. The zero-order valence-electron chi connectivity index (χ0n) is 21.0. The van der Waals surface area contributed by atoms with Crippen LogP contribution in [0.25, 0.3) is 0 Å². The lowest BCUT2D eigenvalue weighted by Gasteiger charge is -2.34. The molecule has 8 heteroatoms. The van der Waals surface area contributed by atoms with Crippen LogP contribution in [0.3, 0.4) is 0 Å². The van der Waals surface area contributed by atoms with Gasteiger partial charge in [0.25, 0.3) is 0 Å². The molecule has 0 unspecified atom stereocenters. The Morgan fingerprint density at radius 3 is 2.45 bits per heavy atom. The normalized spacial score (nSPS) is 14.6. The van der Waals surface area contributed by atoms with E-state index in [1.54, 1.807) is 14.2 Å². The molecule has 0 aromatic heterocycles. The number of carbonyl (C=O) groups excluding carboxylic acids is 1. The van der Waals surface area contributed by atoms with Crippen LogP contribution in [0.5, 0.6) is 11.5 Å². The van der Waals surface area contributed by atoms with E-state index in [9.17, 15) is 4.79 Å². The van der Waals surface area contributed by atoms with E-state index < -0.39 is 0 Å². The molecule has 188 valence electrons. The minimum absolute atomic E-state index is 0. The maximum absolute atomic E-state index is 12.6. The molecule has 0 bridgehead atoms. The number of methoxy groups -OCH3 is 1. The summed E-state index contributed by atoms with van der Waals surface area (Å²) in [6.45, 7) is 9.28. The van der Waals surface area contributed by atoms with E-state index in [4.69, 9.17) is 9.47 Å². The van der Waals surface area contributed by atoms with Crippen molar-refractivity contribution in [3.63, 3.8) is 0 Å². The zero-order valence-corrected chi connectivity index (χ0v) is 23.3. The van der Waals surface area contributed by atoms with Gasteiger partial charge in [0.1, 0.15) is 0 Å². The van der Waals surface area contributed by atoms with Crippen LogP contribution >= 0.6 is 24.0 Å². The van der Waals surface area contributed by atoms with Crippen LogP contribution in [0.15, 0.2) is 23.2 Å². The summed E-state index contributed by atoms with van der Waals surface area (Å²) < 4.78 is 11.0. The molecular formula is C25H43IN4O3. The third kappa shape index (κ3) is 9.22. The highest BCUT2D eigenvalue weighted by atomic mass is 127. The molecular weight excluding hydrogens is 531 g/mol. The monoisotopic (exact) mass is 574 g/mol. The van der Waals surface area contributed by atoms with Gasteiger partial charge >= 0.3 is 0 Å². The first kappa shape index (κ1) is 29.3. The van der Waals surface area contributed by atoms with Gasteiger partial charge in [-0.05, 0) is 63.1 Å². The average Bonchev–Trinajstić information content (AvgIpc) is 2.82. The molecule has 0 radical (unpaired) electrons. The summed E-state index contributed by atoms with van der Waals surface area (Å²) in [5.41, 5.74) is 1.23. The second kappa shape index (κ2) is 16.0. The maximum Gasteiger partial charge on any atom is 0.225 e. The predicted octanol–water partition coefficient (Wildman–Crippen LogP) is 4.24. The van der Waals surface area contributed by atoms with Crippen LogP contribution < -0.4 is 20.1 Å². The molecule has 1 fully saturated rings. The number of hydrogen-bond donors (Lipinski definition) is 2. The van der Waals surface area contributed by atoms with E-state index in [0.29, 0.717) is 18.6 Å². The van der Waals surface area contributed by atoms with Crippen LogP contribution in [0, 0.1) is 5.92 Å². The first-order valence-corrected chi connectivity index (χ1v) is 12.1. The maximum atomic E-state index is 12.6. The summed E-state index contributed by atoms with van der Waals surface area (Å²) in [5, 5.41) is 6.95. The van der Waals surface area contributed by atoms with Gasteiger partial charge in [-0.3, -0.25) is 9.79 Å². The minimum atomic E-state index is 0. The van der Waals surface area contributed by atoms with Crippen molar-refractivity contribution in [2.45, 2.75) is 65.3 Å². The Morgan fingerprint density at radius 1 is 1.18 bits per heavy atom. The largest absolute Gasteiger partial charge is 0.493 e. The third-order valence-corrected chi connectivity index (χ3v) is 6.17. The van der Waals surface area contributed by atoms with Gasteiger partial charge in [-0.2, -0.15) is 0 Å². The van der Waals surface area contributed by atoms with Gasteiger partial charge in [0.15, 0.2) is 17.5 Å². The van der Waals surface area contributed by atoms with Crippen molar-refractivity contribution >= 4 is 35.8 Å². The Labute approximate surface area is 217 Å². The van der Waals surface area contributed by atoms with E-state index >= 15 is 0 Å². The second-order valence-corrected chi connectivity index (χ2v) is 8.28. The van der Waals surface area contributed by atoms with Crippen molar-refractivity contribution in [1.82, 2.24) is 15.5 Å². The van der Waals surface area contributed by atoms with Crippen LogP contribution in [-0.2, 0) is 11.2 Å². The SMILES string of the molecule is CCOc1cc(CCCNC(=NC)NC2CCN(C(=O)C(CC)CC)CC2)ccc1OC.I. The van der Waals surface area contributed by atoms with Gasteiger partial charge in [0.2, 0.25) is 5.91 Å². The number of ether oxygens (including phenoxy) is 2. The number of nitrogens with one attached hydrogen (secondary N) is 2. The molecule has 1 saturated heterocycles. The molecule has 1 aliphatic heterocycles. The Kier molecular flexibility index (Phi) is 14.2. The Balaban J connectivity index is 0.00000544. The summed E-state index contributed by atoms with van der Waals surface area (Å²) in [7, 11) is 3.47. The molecule has 0 saturated carbocycles. The van der Waals surface area contributed by atoms with Crippen molar-refractivity contribution < 1.29 is 14.3 Å². The van der Waals surface area contributed by atoms with E-state index in [-0.39, 0.29) is 29.9 Å². The lowest BCUT2D eigenvalue weighted by atomic mass is 9.98. The van der Waals surface area contributed by atoms with Crippen molar-refractivity contribution in [2.75, 3.05) is 40.4 Å². The van der Waals surface area contributed by atoms with Crippen molar-refractivity contribution in [1.29, 1.82) is 0 Å². The highest BCUT2D eigenvalue weighted by molar-refractivity contribution is 14.0. The standard InChI is InChI=1S/C25H42N4O3.HI/c1-6-20(7-2)24(30)29-16-13-21(14-17-29)28-25(26-4)27-15-9-10-19-11-12-22(31-5)23(18-19)32-8-3;/h11-12,18,20-21H,6-10,13-17H2,1-5H3,(H2,26,27,28);1H. The molecule has 33 heavy (non-hydrogen) atoms. The minimum Gasteiger partial charge on any atom is -0.493 e. The third-order valence-electron chi connectivity index (χ3n) is 6.17. The number of carbonyl (C=O) groups is 1. The van der Waals surface area contributed by atoms with Gasteiger partial charge in [-0.15, -0.1) is 24.0 Å². The summed E-state index contributed by atoms with van der Waals surface area (Å²) in [4.78, 5) is 19.0. The number of likely N-dealkylation sites (tertiary alicyclic amines) is 1. The molecule has 7 nitrogen and oxygen atoms in total. The van der Waals surface area contributed by atoms with E-state index in [1.165, 1.54) is 5.56 Å². The summed E-state index contributed by atoms with van der Waals surface area (Å²) in [5.74, 6) is 2.89. The van der Waals surface area contributed by atoms with Gasteiger partial charge < -0.3 is 25.0 Å². The number of guanidine groups is 1. The molecule has 1 heterocycles. The number of amides is 1. The molecule has 2 rings (SSSR count). The predicted molar refractivity (Wildman–Crippen MR) is 146 cm³/mol. The molecule has 1 aliphatic rings. The lowest BCUT2D eigenvalue weighted by molar-refractivity contribution is -0.136. The molecule has 1 amide bonds. The van der Waals surface area contributed by atoms with Gasteiger partial charge in [0, 0.05) is 38.6 Å². The molecule has 0 spiro atoms. The highest BCUT2D eigenvalue weighted by Gasteiger charge is 2.26. The number of aliphatic imine (C=N–C) groups is 1. The van der Waals surface area contributed by atoms with Crippen LogP contribution in [0.1, 0.15) is 58.4 Å². The van der Waals surface area contributed by atoms with Crippen LogP contribution in [-0.4, -0.2) is 63.2 Å². The Hall–Kier alpha value is -1.71. The van der Waals surface area contributed by atoms with Gasteiger partial charge in [0.05, 0.1) is 13.7 Å². The quantitative estimate of drug-likeness (QED) is 0.179. The van der Waals surface area contributed by atoms with Crippen molar-refractivity contribution in [3.8, 4) is 11.5 Å². The highest BCUT2D eigenvalue weighted by Crippen LogP contribution is 2.28. The van der Waals surface area contributed by atoms with Crippen molar-refractivity contribution in [2.24, 2.45) is 10.9 Å². The van der Waals surface area contributed by atoms with E-state index in [1.807, 2.05) is 17.9 Å². The number of halogens is 1. The number of nitrogens with zero attached hydrogens (tertiary/aromatic N) is 2. The molecule has 2 N–H and O–H groups in total. The van der Waals surface area contributed by atoms with E-state index in [2.05, 4.69) is 41.6 Å². The number of rotatable bonds is 11. The second-order valence-electron chi connectivity index (χ2n) is 8.28. The zero-order chi connectivity index (χ0) is 23.3. The lowest BCUT2D eigenvalue weighted by Crippen LogP contribution is -2.50. The molecule has 0 aliphatic carbocycles. The fourth-order valence-electron chi connectivity index (χ4n) is 4.17. The summed E-state index contributed by atoms with van der Waals surface area (Å²) >= 11 is 0. The van der Waals surface area contributed by atoms with E-state index in [0.717, 1.165) is 75.6 Å². The number of aryl methyl sites for hydroxylation is 1. The van der Waals surface area contributed by atoms with Gasteiger partial charge in [-0.1, -0.05) is 19.9 Å². The molecule has 1 aromatic rings. The topological polar surface area (TPSA) is 75.2 Å². The first-order chi connectivity index (χ1) is 15.6. The first-order valence-electron chi connectivity index (χ1n) is 12.1. The summed E-state index contributed by atoms with van der Waals surface area (Å²) in [6.07, 6.45) is 5.70. The van der Waals surface area contributed by atoms with Crippen molar-refractivity contribution in [3.05, 3.63) is 23.8 Å². The Bertz CT molecular complexity index is 732. The van der Waals surface area contributed by atoms with Gasteiger partial charge in [-0.25, -0.2) is 0 Å². The fraction of sp³-hybridized carbons (Fsp3) is 0.680. The number of benzene rings is 1. The Morgan fingerprint density at radius 2 is 1.88 bits per heavy atom. The van der Waals surface area contributed by atoms with Crippen LogP contribution in [0.2, 0.25) is 0 Å². The smallest absolute Gasteiger partial charge is 0.225 e. The average molecular weight is 575 g/mol. The number of piperidine rings is 1.